The molecule has 14 heteroatoms. The topological polar surface area (TPSA) is 145 Å². The molecule has 4 aromatic rings. The Hall–Kier alpha value is -4.75. The zero-order valence-electron chi connectivity index (χ0n) is 23.9. The molecule has 1 unspecified atom stereocenters. The number of aromatic nitrogens is 7. The van der Waals surface area contributed by atoms with Crippen LogP contribution in [0.3, 0.4) is 0 Å². The van der Waals surface area contributed by atoms with Gasteiger partial charge in [0.1, 0.15) is 11.6 Å². The Bertz CT molecular complexity index is 1590. The molecule has 0 spiro atoms. The monoisotopic (exact) mass is 562 g/mol. The van der Waals surface area contributed by atoms with Gasteiger partial charge in [0.15, 0.2) is 5.65 Å². The number of carbonyl (C=O) groups is 3. The van der Waals surface area contributed by atoms with Crippen molar-refractivity contribution in [2.45, 2.75) is 47.2 Å². The summed E-state index contributed by atoms with van der Waals surface area (Å²) in [7, 11) is 0. The molecule has 3 amide bonds. The molecule has 0 aliphatic carbocycles. The van der Waals surface area contributed by atoms with Gasteiger partial charge in [-0.2, -0.15) is 15.3 Å². The van der Waals surface area contributed by atoms with Crippen molar-refractivity contribution in [3.05, 3.63) is 47.8 Å². The van der Waals surface area contributed by atoms with Crippen molar-refractivity contribution in [3.63, 3.8) is 0 Å². The van der Waals surface area contributed by atoms with Crippen LogP contribution in [0.5, 0.6) is 0 Å². The first-order chi connectivity index (χ1) is 19.7. The molecule has 5 heterocycles. The Balaban J connectivity index is 1.29. The lowest BCUT2D eigenvalue weighted by molar-refractivity contribution is -0.136. The summed E-state index contributed by atoms with van der Waals surface area (Å²) < 4.78 is 10.1. The van der Waals surface area contributed by atoms with Gasteiger partial charge in [-0.3, -0.25) is 19.0 Å². The summed E-state index contributed by atoms with van der Waals surface area (Å²) in [6, 6.07) is 1.25. The van der Waals surface area contributed by atoms with Crippen molar-refractivity contribution in [2.75, 3.05) is 38.1 Å². The van der Waals surface area contributed by atoms with Crippen LogP contribution in [-0.4, -0.2) is 94.7 Å². The first-order valence-electron chi connectivity index (χ1n) is 13.7. The van der Waals surface area contributed by atoms with E-state index in [9.17, 15) is 14.4 Å². The van der Waals surface area contributed by atoms with E-state index in [4.69, 9.17) is 4.74 Å². The maximum atomic E-state index is 13.3. The lowest BCUT2D eigenvalue weighted by Gasteiger charge is -2.35. The number of carbonyl (C=O) groups excluding carboxylic acids is 3. The van der Waals surface area contributed by atoms with Gasteiger partial charge in [0.05, 0.1) is 35.6 Å². The highest BCUT2D eigenvalue weighted by molar-refractivity contribution is 6.08. The third-order valence-electron chi connectivity index (χ3n) is 7.23. The number of aryl methyl sites for hydroxylation is 3. The molecular formula is C27H34N10O4. The third kappa shape index (κ3) is 5.36. The Morgan fingerprint density at radius 3 is 2.44 bits per heavy atom. The average Bonchev–Trinajstić information content (AvgIpc) is 3.68. The fraction of sp³-hybridized carbons (Fsp3) is 0.444. The van der Waals surface area contributed by atoms with Crippen molar-refractivity contribution < 1.29 is 19.1 Å². The number of amides is 3. The van der Waals surface area contributed by atoms with E-state index in [2.05, 4.69) is 25.6 Å². The molecule has 1 N–H and O–H groups in total. The van der Waals surface area contributed by atoms with E-state index in [-0.39, 0.29) is 17.9 Å². The van der Waals surface area contributed by atoms with Crippen molar-refractivity contribution >= 4 is 29.2 Å². The molecule has 1 aliphatic rings. The van der Waals surface area contributed by atoms with Crippen molar-refractivity contribution in [1.82, 2.24) is 44.0 Å². The summed E-state index contributed by atoms with van der Waals surface area (Å²) >= 11 is 0. The minimum Gasteiger partial charge on any atom is -0.450 e. The zero-order chi connectivity index (χ0) is 29.3. The van der Waals surface area contributed by atoms with Crippen LogP contribution < -0.4 is 5.32 Å². The highest BCUT2D eigenvalue weighted by atomic mass is 16.6. The predicted octanol–water partition coefficient (Wildman–Crippen LogP) is 2.54. The molecule has 1 atom stereocenters. The number of ether oxygens (including phenoxy) is 1. The fourth-order valence-electron chi connectivity index (χ4n) is 4.88. The van der Waals surface area contributed by atoms with Crippen molar-refractivity contribution in [2.24, 2.45) is 0 Å². The quantitative estimate of drug-likeness (QED) is 0.362. The summed E-state index contributed by atoms with van der Waals surface area (Å²) in [6.45, 7) is 11.9. The van der Waals surface area contributed by atoms with Crippen molar-refractivity contribution in [1.29, 1.82) is 0 Å². The number of nitrogens with one attached hydrogen (secondary N) is 1. The maximum Gasteiger partial charge on any atom is 0.409 e. The second-order valence-corrected chi connectivity index (χ2v) is 9.86. The molecule has 1 saturated heterocycles. The van der Waals surface area contributed by atoms with E-state index in [0.29, 0.717) is 55.4 Å². The predicted molar refractivity (Wildman–Crippen MR) is 149 cm³/mol. The Kier molecular flexibility index (Phi) is 7.72. The molecule has 4 aromatic heterocycles. The van der Waals surface area contributed by atoms with Crippen LogP contribution in [0.1, 0.15) is 48.6 Å². The van der Waals surface area contributed by atoms with E-state index < -0.39 is 6.04 Å². The smallest absolute Gasteiger partial charge is 0.409 e. The lowest BCUT2D eigenvalue weighted by atomic mass is 10.2. The van der Waals surface area contributed by atoms with Gasteiger partial charge in [-0.05, 0) is 40.7 Å². The normalized spacial score (nSPS) is 14.4. The van der Waals surface area contributed by atoms with Gasteiger partial charge in [0.2, 0.25) is 5.91 Å². The maximum absolute atomic E-state index is 13.3. The molecule has 1 aliphatic heterocycles. The van der Waals surface area contributed by atoms with Gasteiger partial charge in [-0.15, -0.1) is 0 Å². The molecule has 5 rings (SSSR count). The molecule has 216 valence electrons. The van der Waals surface area contributed by atoms with E-state index in [1.54, 1.807) is 52.2 Å². The third-order valence-corrected chi connectivity index (χ3v) is 7.23. The first-order valence-corrected chi connectivity index (χ1v) is 13.7. The van der Waals surface area contributed by atoms with E-state index in [1.807, 2.05) is 30.8 Å². The number of nitrogens with zero attached hydrogens (tertiary/aromatic N) is 9. The number of fused-ring (bicyclic) bond motifs is 1. The van der Waals surface area contributed by atoms with Gasteiger partial charge in [-0.1, -0.05) is 0 Å². The number of rotatable bonds is 7. The summed E-state index contributed by atoms with van der Waals surface area (Å²) in [5, 5.41) is 16.3. The van der Waals surface area contributed by atoms with Crippen LogP contribution in [0.4, 0.5) is 10.5 Å². The number of anilines is 1. The number of hydrogen-bond donors (Lipinski definition) is 1. The van der Waals surface area contributed by atoms with Crippen LogP contribution in [-0.2, 0) is 16.1 Å². The van der Waals surface area contributed by atoms with Crippen LogP contribution in [0.2, 0.25) is 0 Å². The largest absolute Gasteiger partial charge is 0.450 e. The second kappa shape index (κ2) is 11.4. The van der Waals surface area contributed by atoms with Crippen LogP contribution in [0.25, 0.3) is 16.9 Å². The molecule has 0 radical (unpaired) electrons. The number of piperazine rings is 1. The highest BCUT2D eigenvalue weighted by Gasteiger charge is 2.29. The molecule has 0 saturated carbocycles. The van der Waals surface area contributed by atoms with Gasteiger partial charge in [0, 0.05) is 56.9 Å². The van der Waals surface area contributed by atoms with Crippen LogP contribution in [0.15, 0.2) is 30.9 Å². The Morgan fingerprint density at radius 1 is 1.02 bits per heavy atom. The van der Waals surface area contributed by atoms with E-state index >= 15 is 0 Å². The minimum absolute atomic E-state index is 0.116. The Labute approximate surface area is 236 Å². The summed E-state index contributed by atoms with van der Waals surface area (Å²) in [6.07, 6.45) is 6.37. The molecule has 0 aromatic carbocycles. The molecule has 1 fully saturated rings. The van der Waals surface area contributed by atoms with E-state index in [1.165, 1.54) is 6.20 Å². The Morgan fingerprint density at radius 2 is 1.76 bits per heavy atom. The highest BCUT2D eigenvalue weighted by Crippen LogP contribution is 2.25. The number of hydrogen-bond acceptors (Lipinski definition) is 8. The fourth-order valence-corrected chi connectivity index (χ4v) is 4.88. The van der Waals surface area contributed by atoms with E-state index in [0.717, 1.165) is 23.5 Å². The summed E-state index contributed by atoms with van der Waals surface area (Å²) in [5.41, 5.74) is 4.32. The summed E-state index contributed by atoms with van der Waals surface area (Å²) in [4.78, 5) is 46.2. The minimum atomic E-state index is -0.595. The van der Waals surface area contributed by atoms with Gasteiger partial charge in [-0.25, -0.2) is 14.3 Å². The van der Waals surface area contributed by atoms with Crippen LogP contribution in [0, 0.1) is 13.8 Å². The molecule has 41 heavy (non-hydrogen) atoms. The lowest BCUT2D eigenvalue weighted by Crippen LogP contribution is -2.52. The standard InChI is InChI=1S/C27H34N10O4/c1-6-35-15-21(17(3)31-35)23-8-9-28-24-20(14-29-37(23)24)25(38)30-22-16-36(32-18(22)4)19(5)26(39)33-10-12-34(13-11-33)27(40)41-7-2/h8-9,14-16,19H,6-7,10-13H2,1-5H3,(H,30,38). The SMILES string of the molecule is CCOC(=O)N1CCN(C(=O)C(C)n2cc(NC(=O)c3cnn4c(-c5cn(CC)nc5C)ccnc34)c(C)n2)CC1. The summed E-state index contributed by atoms with van der Waals surface area (Å²) in [5.74, 6) is -0.503. The molecule has 0 bridgehead atoms. The average molecular weight is 563 g/mol. The van der Waals surface area contributed by atoms with Gasteiger partial charge in [0.25, 0.3) is 5.91 Å². The molecule has 14 nitrogen and oxygen atoms in total. The van der Waals surface area contributed by atoms with Crippen molar-refractivity contribution in [3.8, 4) is 11.3 Å². The van der Waals surface area contributed by atoms with Gasteiger partial charge < -0.3 is 19.9 Å². The second-order valence-electron chi connectivity index (χ2n) is 9.86. The van der Waals surface area contributed by atoms with Crippen LogP contribution >= 0.6 is 0 Å². The first kappa shape index (κ1) is 27.8. The zero-order valence-corrected chi connectivity index (χ0v) is 23.9. The molecular weight excluding hydrogens is 528 g/mol. The van der Waals surface area contributed by atoms with Gasteiger partial charge >= 0.3 is 6.09 Å².